The van der Waals surface area contributed by atoms with Gasteiger partial charge in [0.1, 0.15) is 5.69 Å². The molecule has 1 aliphatic heterocycles. The van der Waals surface area contributed by atoms with Crippen LogP contribution in [0.5, 0.6) is 0 Å². The molecule has 1 spiro atoms. The van der Waals surface area contributed by atoms with Crippen molar-refractivity contribution in [3.8, 4) is 22.4 Å². The number of amides is 1. The maximum Gasteiger partial charge on any atom is 0.245 e. The van der Waals surface area contributed by atoms with Crippen molar-refractivity contribution in [2.24, 2.45) is 5.41 Å². The van der Waals surface area contributed by atoms with Gasteiger partial charge in [0.05, 0.1) is 22.8 Å². The molecule has 7 heteroatoms. The molecule has 178 valence electrons. The normalized spacial score (nSPS) is 17.0. The van der Waals surface area contributed by atoms with E-state index >= 15 is 0 Å². The van der Waals surface area contributed by atoms with Gasteiger partial charge in [0.25, 0.3) is 0 Å². The minimum atomic E-state index is 0.0246. The molecule has 35 heavy (non-hydrogen) atoms. The number of rotatable bonds is 4. The number of halogens is 1. The number of carbonyl (C=O) groups excluding carboxylic acids is 1. The number of likely N-dealkylation sites (tertiary alicyclic amines) is 1. The van der Waals surface area contributed by atoms with Gasteiger partial charge in [-0.2, -0.15) is 10.2 Å². The Morgan fingerprint density at radius 2 is 1.97 bits per heavy atom. The van der Waals surface area contributed by atoms with Crippen molar-refractivity contribution in [3.63, 3.8) is 0 Å². The number of benzene rings is 2. The summed E-state index contributed by atoms with van der Waals surface area (Å²) < 4.78 is 2.20. The van der Waals surface area contributed by atoms with Crippen molar-refractivity contribution in [3.05, 3.63) is 71.0 Å². The summed E-state index contributed by atoms with van der Waals surface area (Å²) in [5.41, 5.74) is 8.55. The Kier molecular flexibility index (Phi) is 4.94. The Hall–Kier alpha value is -3.38. The number of hydrogen-bond acceptors (Lipinski definition) is 3. The van der Waals surface area contributed by atoms with Crippen LogP contribution >= 0.6 is 11.6 Å². The van der Waals surface area contributed by atoms with Crippen molar-refractivity contribution in [2.45, 2.75) is 39.7 Å². The molecule has 1 saturated heterocycles. The van der Waals surface area contributed by atoms with Gasteiger partial charge in [-0.25, -0.2) is 0 Å². The van der Waals surface area contributed by atoms with Crippen LogP contribution in [0.2, 0.25) is 5.02 Å². The lowest BCUT2D eigenvalue weighted by molar-refractivity contribution is -0.149. The SMILES string of the molecule is C=CC(=O)N1CC2(CC(n3nc(-c4cccc(C)c4)c(-c4c(Cl)c(C)cc5[nH]ncc45)c3C)C2)C1. The zero-order chi connectivity index (χ0) is 24.5. The fourth-order valence-corrected chi connectivity index (χ4v) is 6.28. The molecule has 0 radical (unpaired) electrons. The summed E-state index contributed by atoms with van der Waals surface area (Å²) in [6, 6.07) is 10.8. The molecule has 0 atom stereocenters. The highest BCUT2D eigenvalue weighted by Crippen LogP contribution is 2.55. The first kappa shape index (κ1) is 22.1. The van der Waals surface area contributed by atoms with Crippen LogP contribution in [0.25, 0.3) is 33.3 Å². The lowest BCUT2D eigenvalue weighted by Crippen LogP contribution is -2.63. The van der Waals surface area contributed by atoms with Crippen molar-refractivity contribution >= 4 is 28.4 Å². The molecular formula is C28H28ClN5O. The Labute approximate surface area is 209 Å². The van der Waals surface area contributed by atoms with E-state index in [0.717, 1.165) is 75.5 Å². The van der Waals surface area contributed by atoms with Gasteiger partial charge in [0.15, 0.2) is 0 Å². The van der Waals surface area contributed by atoms with Crippen LogP contribution in [0.3, 0.4) is 0 Å². The Balaban J connectivity index is 1.46. The predicted octanol–water partition coefficient (Wildman–Crippen LogP) is 6.02. The number of aryl methyl sites for hydroxylation is 2. The van der Waals surface area contributed by atoms with E-state index in [1.807, 2.05) is 24.1 Å². The first-order chi connectivity index (χ1) is 16.8. The van der Waals surface area contributed by atoms with Crippen molar-refractivity contribution in [1.82, 2.24) is 24.9 Å². The van der Waals surface area contributed by atoms with E-state index in [4.69, 9.17) is 16.7 Å². The summed E-state index contributed by atoms with van der Waals surface area (Å²) in [4.78, 5) is 13.8. The van der Waals surface area contributed by atoms with Crippen molar-refractivity contribution in [2.75, 3.05) is 13.1 Å². The first-order valence-electron chi connectivity index (χ1n) is 12.0. The Bertz CT molecular complexity index is 1500. The molecule has 3 heterocycles. The fraction of sp³-hybridized carbons (Fsp3) is 0.321. The van der Waals surface area contributed by atoms with E-state index in [-0.39, 0.29) is 11.3 Å². The third kappa shape index (κ3) is 3.34. The minimum Gasteiger partial charge on any atom is -0.338 e. The molecule has 1 N–H and O–H groups in total. The summed E-state index contributed by atoms with van der Waals surface area (Å²) in [5, 5.41) is 14.3. The van der Waals surface area contributed by atoms with E-state index in [2.05, 4.69) is 59.6 Å². The van der Waals surface area contributed by atoms with Gasteiger partial charge in [0.2, 0.25) is 5.91 Å². The minimum absolute atomic E-state index is 0.0246. The third-order valence-corrected chi connectivity index (χ3v) is 8.27. The Morgan fingerprint density at radius 1 is 1.20 bits per heavy atom. The molecule has 2 aromatic heterocycles. The molecular weight excluding hydrogens is 458 g/mol. The number of nitrogens with one attached hydrogen (secondary N) is 1. The quantitative estimate of drug-likeness (QED) is 0.359. The average Bonchev–Trinajstić information content (AvgIpc) is 3.37. The van der Waals surface area contributed by atoms with E-state index < -0.39 is 0 Å². The fourth-order valence-electron chi connectivity index (χ4n) is 6.03. The summed E-state index contributed by atoms with van der Waals surface area (Å²) >= 11 is 6.98. The highest BCUT2D eigenvalue weighted by Gasteiger charge is 2.54. The number of hydrogen-bond donors (Lipinski definition) is 1. The van der Waals surface area contributed by atoms with E-state index in [0.29, 0.717) is 6.04 Å². The second-order valence-electron chi connectivity index (χ2n) is 10.3. The smallest absolute Gasteiger partial charge is 0.245 e. The number of aromatic amines is 1. The van der Waals surface area contributed by atoms with Gasteiger partial charge < -0.3 is 4.90 Å². The lowest BCUT2D eigenvalue weighted by Gasteiger charge is -2.58. The topological polar surface area (TPSA) is 66.8 Å². The molecule has 0 unspecified atom stereocenters. The molecule has 4 aromatic rings. The van der Waals surface area contributed by atoms with Gasteiger partial charge in [0, 0.05) is 46.3 Å². The summed E-state index contributed by atoms with van der Waals surface area (Å²) in [5.74, 6) is 0.0246. The molecule has 6 rings (SSSR count). The number of carbonyl (C=O) groups is 1. The maximum atomic E-state index is 11.9. The Morgan fingerprint density at radius 3 is 2.69 bits per heavy atom. The second kappa shape index (κ2) is 7.82. The van der Waals surface area contributed by atoms with Crippen molar-refractivity contribution in [1.29, 1.82) is 0 Å². The molecule has 0 bridgehead atoms. The van der Waals surface area contributed by atoms with Gasteiger partial charge in [-0.05, 0) is 57.4 Å². The molecule has 1 aliphatic carbocycles. The van der Waals surface area contributed by atoms with Gasteiger partial charge in [-0.1, -0.05) is 41.9 Å². The van der Waals surface area contributed by atoms with Crippen molar-refractivity contribution < 1.29 is 4.79 Å². The van der Waals surface area contributed by atoms with E-state index in [1.54, 1.807) is 0 Å². The average molecular weight is 486 g/mol. The van der Waals surface area contributed by atoms with Crippen LogP contribution in [-0.2, 0) is 4.79 Å². The lowest BCUT2D eigenvalue weighted by atomic mass is 9.60. The van der Waals surface area contributed by atoms with Crippen LogP contribution in [0.15, 0.2) is 49.2 Å². The molecule has 2 fully saturated rings. The zero-order valence-corrected chi connectivity index (χ0v) is 21.0. The number of H-pyrrole nitrogens is 1. The zero-order valence-electron chi connectivity index (χ0n) is 20.2. The first-order valence-corrected chi connectivity index (χ1v) is 12.4. The van der Waals surface area contributed by atoms with Gasteiger partial charge in [-0.15, -0.1) is 0 Å². The van der Waals surface area contributed by atoms with Crippen LogP contribution in [-0.4, -0.2) is 43.9 Å². The third-order valence-electron chi connectivity index (χ3n) is 7.78. The second-order valence-corrected chi connectivity index (χ2v) is 10.7. The highest BCUT2D eigenvalue weighted by molar-refractivity contribution is 6.36. The summed E-state index contributed by atoms with van der Waals surface area (Å²) in [6.07, 6.45) is 5.30. The monoisotopic (exact) mass is 485 g/mol. The molecule has 2 aliphatic rings. The highest BCUT2D eigenvalue weighted by atomic mass is 35.5. The largest absolute Gasteiger partial charge is 0.338 e. The molecule has 6 nitrogen and oxygen atoms in total. The van der Waals surface area contributed by atoms with Gasteiger partial charge in [-0.3, -0.25) is 14.6 Å². The molecule has 2 aromatic carbocycles. The molecule has 1 amide bonds. The number of aromatic nitrogens is 4. The van der Waals surface area contributed by atoms with E-state index in [1.165, 1.54) is 11.6 Å². The maximum absolute atomic E-state index is 11.9. The standard InChI is InChI=1S/C28H28ClN5O/c1-5-23(35)33-14-28(15-33)11-20(12-28)34-18(4)24(27(32-34)19-8-6-7-16(2)9-19)25-21-13-30-31-22(21)10-17(3)26(25)29/h5-10,13,20H,1,11-12,14-15H2,2-4H3,(H,30,31). The number of fused-ring (bicyclic) bond motifs is 1. The van der Waals surface area contributed by atoms with E-state index in [9.17, 15) is 4.79 Å². The van der Waals surface area contributed by atoms with Crippen LogP contribution in [0, 0.1) is 26.2 Å². The number of nitrogens with zero attached hydrogens (tertiary/aromatic N) is 4. The molecule has 1 saturated carbocycles. The van der Waals surface area contributed by atoms with Crippen LogP contribution in [0.4, 0.5) is 0 Å². The van der Waals surface area contributed by atoms with Gasteiger partial charge >= 0.3 is 0 Å². The summed E-state index contributed by atoms with van der Waals surface area (Å²) in [6.45, 7) is 11.5. The predicted molar refractivity (Wildman–Crippen MR) is 139 cm³/mol. The van der Waals surface area contributed by atoms with Crippen LogP contribution in [0.1, 0.15) is 35.7 Å². The summed E-state index contributed by atoms with van der Waals surface area (Å²) in [7, 11) is 0. The van der Waals surface area contributed by atoms with Crippen LogP contribution < -0.4 is 0 Å².